The number of esters is 1. The predicted octanol–water partition coefficient (Wildman–Crippen LogP) is 0.934. The number of carbonyl (C=O) groups is 3. The summed E-state index contributed by atoms with van der Waals surface area (Å²) in [4.78, 5) is 45.1. The summed E-state index contributed by atoms with van der Waals surface area (Å²) in [7, 11) is 0. The van der Waals surface area contributed by atoms with Crippen molar-refractivity contribution in [1.29, 1.82) is 0 Å². The van der Waals surface area contributed by atoms with Gasteiger partial charge < -0.3 is 10.5 Å². The van der Waals surface area contributed by atoms with E-state index in [-0.39, 0.29) is 22.5 Å². The third kappa shape index (κ3) is 4.98. The van der Waals surface area contributed by atoms with E-state index in [1.165, 1.54) is 18.2 Å². The smallest absolute Gasteiger partial charge is 0.340 e. The lowest BCUT2D eigenvalue weighted by atomic mass is 10.1. The number of carbonyl (C=O) groups excluding carboxylic acids is 3. The molecule has 2 rings (SSSR count). The SMILES string of the molecule is Nc1cc([N+](=O)[O-])ccc1C(=O)OCC(=O)NNC(=O)c1ccccc1F. The van der Waals surface area contributed by atoms with Crippen LogP contribution in [0.25, 0.3) is 0 Å². The molecule has 0 fully saturated rings. The Morgan fingerprint density at radius 3 is 2.44 bits per heavy atom. The number of nitrogens with zero attached hydrogens (tertiary/aromatic N) is 1. The van der Waals surface area contributed by atoms with E-state index in [4.69, 9.17) is 10.5 Å². The normalized spacial score (nSPS) is 9.96. The van der Waals surface area contributed by atoms with Gasteiger partial charge >= 0.3 is 5.97 Å². The molecule has 4 N–H and O–H groups in total. The second-order valence-electron chi connectivity index (χ2n) is 5.09. The Morgan fingerprint density at radius 1 is 1.11 bits per heavy atom. The van der Waals surface area contributed by atoms with Crippen LogP contribution >= 0.6 is 0 Å². The second-order valence-corrected chi connectivity index (χ2v) is 5.09. The molecular weight excluding hydrogens is 363 g/mol. The molecule has 0 heterocycles. The topological polar surface area (TPSA) is 154 Å². The summed E-state index contributed by atoms with van der Waals surface area (Å²) in [6.45, 7) is -0.771. The van der Waals surface area contributed by atoms with E-state index in [2.05, 4.69) is 0 Å². The fourth-order valence-corrected chi connectivity index (χ4v) is 1.93. The van der Waals surface area contributed by atoms with Crippen LogP contribution in [0, 0.1) is 15.9 Å². The summed E-state index contributed by atoms with van der Waals surface area (Å²) < 4.78 is 18.1. The summed E-state index contributed by atoms with van der Waals surface area (Å²) in [5, 5.41) is 10.6. The van der Waals surface area contributed by atoms with Crippen LogP contribution in [0.2, 0.25) is 0 Å². The standard InChI is InChI=1S/C16H13FN4O6/c17-12-4-2-1-3-10(12)15(23)20-19-14(22)8-27-16(24)11-6-5-9(21(25)26)7-13(11)18/h1-7H,8,18H2,(H,19,22)(H,20,23). The van der Waals surface area contributed by atoms with Gasteiger partial charge in [0.2, 0.25) is 0 Å². The largest absolute Gasteiger partial charge is 0.452 e. The summed E-state index contributed by atoms with van der Waals surface area (Å²) in [6, 6.07) is 8.26. The lowest BCUT2D eigenvalue weighted by Crippen LogP contribution is -2.43. The molecule has 0 atom stereocenters. The Morgan fingerprint density at radius 2 is 1.81 bits per heavy atom. The Balaban J connectivity index is 1.86. The van der Waals surface area contributed by atoms with Gasteiger partial charge in [0.25, 0.3) is 17.5 Å². The van der Waals surface area contributed by atoms with Crippen molar-refractivity contribution < 1.29 is 28.4 Å². The van der Waals surface area contributed by atoms with Crippen LogP contribution in [-0.2, 0) is 9.53 Å². The van der Waals surface area contributed by atoms with Crippen LogP contribution in [0.3, 0.4) is 0 Å². The maximum atomic E-state index is 13.4. The highest BCUT2D eigenvalue weighted by Gasteiger charge is 2.17. The average molecular weight is 376 g/mol. The Labute approximate surface area is 151 Å². The molecule has 11 heteroatoms. The van der Waals surface area contributed by atoms with Crippen LogP contribution in [-0.4, -0.2) is 29.3 Å². The number of nitro groups is 1. The van der Waals surface area contributed by atoms with Crippen LogP contribution < -0.4 is 16.6 Å². The van der Waals surface area contributed by atoms with Crippen LogP contribution in [0.4, 0.5) is 15.8 Å². The third-order valence-electron chi connectivity index (χ3n) is 3.23. The first kappa shape index (κ1) is 19.3. The van der Waals surface area contributed by atoms with E-state index in [0.29, 0.717) is 0 Å². The van der Waals surface area contributed by atoms with E-state index >= 15 is 0 Å². The van der Waals surface area contributed by atoms with Crippen molar-refractivity contribution in [1.82, 2.24) is 10.9 Å². The molecule has 0 aliphatic carbocycles. The molecule has 2 aromatic carbocycles. The van der Waals surface area contributed by atoms with Crippen molar-refractivity contribution >= 4 is 29.2 Å². The van der Waals surface area contributed by atoms with E-state index in [1.54, 1.807) is 0 Å². The number of benzene rings is 2. The number of hydrogen-bond donors (Lipinski definition) is 3. The maximum Gasteiger partial charge on any atom is 0.340 e. The number of ether oxygens (including phenoxy) is 1. The highest BCUT2D eigenvalue weighted by Crippen LogP contribution is 2.20. The monoisotopic (exact) mass is 376 g/mol. The molecule has 10 nitrogen and oxygen atoms in total. The van der Waals surface area contributed by atoms with Gasteiger partial charge in [0, 0.05) is 12.1 Å². The number of nitro benzene ring substituents is 1. The minimum Gasteiger partial charge on any atom is -0.452 e. The molecule has 0 bridgehead atoms. The Kier molecular flexibility index (Phi) is 5.99. The molecule has 0 spiro atoms. The molecular formula is C16H13FN4O6. The molecule has 0 radical (unpaired) electrons. The van der Waals surface area contributed by atoms with Gasteiger partial charge in [-0.25, -0.2) is 9.18 Å². The predicted molar refractivity (Wildman–Crippen MR) is 89.8 cm³/mol. The van der Waals surface area contributed by atoms with E-state index in [9.17, 15) is 28.9 Å². The van der Waals surface area contributed by atoms with Gasteiger partial charge in [0.1, 0.15) is 5.82 Å². The molecule has 2 aromatic rings. The number of anilines is 1. The summed E-state index contributed by atoms with van der Waals surface area (Å²) in [5.41, 5.74) is 8.51. The number of hydrogen-bond acceptors (Lipinski definition) is 7. The molecule has 0 aliphatic heterocycles. The van der Waals surface area contributed by atoms with Crippen molar-refractivity contribution in [3.05, 3.63) is 69.5 Å². The first-order valence-corrected chi connectivity index (χ1v) is 7.34. The zero-order valence-electron chi connectivity index (χ0n) is 13.6. The van der Waals surface area contributed by atoms with Gasteiger partial charge in [0.05, 0.1) is 21.7 Å². The molecule has 27 heavy (non-hydrogen) atoms. The van der Waals surface area contributed by atoms with Gasteiger partial charge in [0.15, 0.2) is 6.61 Å². The van der Waals surface area contributed by atoms with Crippen LogP contribution in [0.15, 0.2) is 42.5 Å². The van der Waals surface area contributed by atoms with Crippen molar-refractivity contribution in [2.45, 2.75) is 0 Å². The van der Waals surface area contributed by atoms with Crippen LogP contribution in [0.5, 0.6) is 0 Å². The number of rotatable bonds is 5. The fourth-order valence-electron chi connectivity index (χ4n) is 1.93. The van der Waals surface area contributed by atoms with E-state index in [1.807, 2.05) is 10.9 Å². The quantitative estimate of drug-likeness (QED) is 0.304. The number of nitrogens with one attached hydrogen (secondary N) is 2. The summed E-state index contributed by atoms with van der Waals surface area (Å²) in [6.07, 6.45) is 0. The van der Waals surface area contributed by atoms with Crippen molar-refractivity contribution in [3.8, 4) is 0 Å². The number of halogens is 1. The number of amides is 2. The molecule has 0 unspecified atom stereocenters. The molecule has 0 saturated heterocycles. The first-order valence-electron chi connectivity index (χ1n) is 7.34. The number of nitrogens with two attached hydrogens (primary N) is 1. The highest BCUT2D eigenvalue weighted by atomic mass is 19.1. The van der Waals surface area contributed by atoms with Gasteiger partial charge in [-0.3, -0.25) is 30.6 Å². The lowest BCUT2D eigenvalue weighted by Gasteiger charge is -2.09. The molecule has 0 aliphatic rings. The number of hydrazine groups is 1. The third-order valence-corrected chi connectivity index (χ3v) is 3.23. The zero-order chi connectivity index (χ0) is 20.0. The van der Waals surface area contributed by atoms with Gasteiger partial charge in [-0.15, -0.1) is 0 Å². The fraction of sp³-hybridized carbons (Fsp3) is 0.0625. The Bertz CT molecular complexity index is 918. The van der Waals surface area contributed by atoms with Crippen molar-refractivity contribution in [3.63, 3.8) is 0 Å². The number of non-ortho nitro benzene ring substituents is 1. The van der Waals surface area contributed by atoms with Gasteiger partial charge in [-0.05, 0) is 18.2 Å². The summed E-state index contributed by atoms with van der Waals surface area (Å²) >= 11 is 0. The molecule has 0 saturated carbocycles. The Hall–Kier alpha value is -4.02. The van der Waals surface area contributed by atoms with E-state index < -0.39 is 35.1 Å². The highest BCUT2D eigenvalue weighted by molar-refractivity contribution is 5.97. The summed E-state index contributed by atoms with van der Waals surface area (Å²) in [5.74, 6) is -3.55. The van der Waals surface area contributed by atoms with Gasteiger partial charge in [-0.1, -0.05) is 12.1 Å². The minimum absolute atomic E-state index is 0.163. The van der Waals surface area contributed by atoms with Crippen LogP contribution in [0.1, 0.15) is 20.7 Å². The van der Waals surface area contributed by atoms with Gasteiger partial charge in [-0.2, -0.15) is 0 Å². The zero-order valence-corrected chi connectivity index (χ0v) is 13.6. The maximum absolute atomic E-state index is 13.4. The first-order chi connectivity index (χ1) is 12.8. The molecule has 0 aromatic heterocycles. The minimum atomic E-state index is -0.988. The second kappa shape index (κ2) is 8.38. The lowest BCUT2D eigenvalue weighted by molar-refractivity contribution is -0.384. The van der Waals surface area contributed by atoms with Crippen molar-refractivity contribution in [2.75, 3.05) is 12.3 Å². The van der Waals surface area contributed by atoms with Crippen molar-refractivity contribution in [2.24, 2.45) is 0 Å². The average Bonchev–Trinajstić information content (AvgIpc) is 2.64. The molecule has 140 valence electrons. The number of nitrogen functional groups attached to an aromatic ring is 1. The van der Waals surface area contributed by atoms with E-state index in [0.717, 1.165) is 24.3 Å². The molecule has 2 amide bonds.